The predicted molar refractivity (Wildman–Crippen MR) is 97.5 cm³/mol. The van der Waals surface area contributed by atoms with E-state index in [0.717, 1.165) is 11.8 Å². The van der Waals surface area contributed by atoms with Crippen molar-refractivity contribution in [3.63, 3.8) is 0 Å². The van der Waals surface area contributed by atoms with Gasteiger partial charge in [-0.25, -0.2) is 18.7 Å². The minimum absolute atomic E-state index is 0.138. The van der Waals surface area contributed by atoms with Crippen molar-refractivity contribution < 1.29 is 21.4 Å². The van der Waals surface area contributed by atoms with Gasteiger partial charge in [-0.15, -0.1) is 5.10 Å². The van der Waals surface area contributed by atoms with Crippen LogP contribution in [0.1, 0.15) is 17.4 Å². The van der Waals surface area contributed by atoms with Gasteiger partial charge in [0.25, 0.3) is 10.1 Å². The van der Waals surface area contributed by atoms with Crippen molar-refractivity contribution in [3.8, 4) is 0 Å². The summed E-state index contributed by atoms with van der Waals surface area (Å²) in [6.07, 6.45) is 1.11. The molecule has 13 heteroatoms. The summed E-state index contributed by atoms with van der Waals surface area (Å²) in [5.74, 6) is -0.408. The predicted octanol–water partition coefficient (Wildman–Crippen LogP) is -0.0811. The molecule has 0 saturated carbocycles. The number of hydrazine groups is 1. The first-order chi connectivity index (χ1) is 11.5. The molecule has 25 heavy (non-hydrogen) atoms. The van der Waals surface area contributed by atoms with Crippen molar-refractivity contribution in [3.05, 3.63) is 29.8 Å². The van der Waals surface area contributed by atoms with Crippen LogP contribution in [-0.4, -0.2) is 50.1 Å². The van der Waals surface area contributed by atoms with Gasteiger partial charge in [0.2, 0.25) is 10.0 Å². The second-order valence-corrected chi connectivity index (χ2v) is 9.71. The Bertz CT molecular complexity index is 838. The summed E-state index contributed by atoms with van der Waals surface area (Å²) in [6, 6.07) is 7.13. The molecule has 0 amide bonds. The molecule has 1 aromatic rings. The molecule has 5 N–H and O–H groups in total. The molecule has 0 radical (unpaired) electrons. The van der Waals surface area contributed by atoms with E-state index in [1.54, 1.807) is 12.1 Å². The number of rotatable bonds is 7. The van der Waals surface area contributed by atoms with Crippen LogP contribution < -0.4 is 16.0 Å². The number of hydrazone groups is 1. The van der Waals surface area contributed by atoms with Crippen molar-refractivity contribution in [1.82, 2.24) is 15.3 Å². The van der Waals surface area contributed by atoms with E-state index in [4.69, 9.17) is 10.3 Å². The third-order valence-electron chi connectivity index (χ3n) is 3.06. The van der Waals surface area contributed by atoms with E-state index >= 15 is 0 Å². The molecule has 140 valence electrons. The lowest BCUT2D eigenvalue weighted by Gasteiger charge is -2.18. The first-order valence-electron chi connectivity index (χ1n) is 7.09. The van der Waals surface area contributed by atoms with Crippen LogP contribution in [0.4, 0.5) is 5.69 Å². The van der Waals surface area contributed by atoms with E-state index < -0.39 is 25.9 Å². The number of nitrogens with two attached hydrogens (primary N) is 1. The van der Waals surface area contributed by atoms with Crippen molar-refractivity contribution in [2.24, 2.45) is 5.10 Å². The summed E-state index contributed by atoms with van der Waals surface area (Å²) in [7, 11) is -7.59. The smallest absolute Gasteiger partial charge is 0.264 e. The minimum Gasteiger partial charge on any atom is -0.399 e. The van der Waals surface area contributed by atoms with E-state index in [0.29, 0.717) is 10.9 Å². The Balaban J connectivity index is 2.13. The van der Waals surface area contributed by atoms with Gasteiger partial charge in [0.1, 0.15) is 5.37 Å². The SMILES string of the molecule is CS(=O)(=O)N/N=C1\SC(c2ccc(N)cc2)NN1CCCS(=O)(=O)O. The number of nitrogen functional groups attached to an aromatic ring is 1. The molecular formula is C12H19N5O5S3. The van der Waals surface area contributed by atoms with Gasteiger partial charge in [-0.2, -0.15) is 8.42 Å². The monoisotopic (exact) mass is 409 g/mol. The van der Waals surface area contributed by atoms with Crippen LogP contribution in [0.5, 0.6) is 0 Å². The molecule has 1 aliphatic heterocycles. The quantitative estimate of drug-likeness (QED) is 0.275. The molecule has 1 atom stereocenters. The molecule has 0 spiro atoms. The zero-order valence-corrected chi connectivity index (χ0v) is 15.7. The van der Waals surface area contributed by atoms with Gasteiger partial charge in [0.05, 0.1) is 12.0 Å². The van der Waals surface area contributed by atoms with Gasteiger partial charge < -0.3 is 5.73 Å². The molecule has 1 unspecified atom stereocenters. The van der Waals surface area contributed by atoms with Crippen molar-refractivity contribution in [2.75, 3.05) is 24.3 Å². The molecule has 0 bridgehead atoms. The Morgan fingerprint density at radius 3 is 2.52 bits per heavy atom. The van der Waals surface area contributed by atoms with E-state index in [-0.39, 0.29) is 18.3 Å². The Kier molecular flexibility index (Phi) is 6.16. The number of nitrogens with zero attached hydrogens (tertiary/aromatic N) is 2. The number of hydrogen-bond acceptors (Lipinski definition) is 8. The average Bonchev–Trinajstić information content (AvgIpc) is 2.87. The van der Waals surface area contributed by atoms with Crippen LogP contribution in [0, 0.1) is 0 Å². The van der Waals surface area contributed by atoms with E-state index in [1.165, 1.54) is 16.8 Å². The molecule has 0 aliphatic carbocycles. The maximum atomic E-state index is 11.2. The third kappa shape index (κ3) is 6.70. The minimum atomic E-state index is -4.07. The third-order valence-corrected chi connectivity index (χ3v) is 5.42. The lowest BCUT2D eigenvalue weighted by Crippen LogP contribution is -2.37. The maximum Gasteiger partial charge on any atom is 0.264 e. The highest BCUT2D eigenvalue weighted by atomic mass is 32.2. The van der Waals surface area contributed by atoms with Gasteiger partial charge in [-0.3, -0.25) is 9.56 Å². The highest BCUT2D eigenvalue weighted by Gasteiger charge is 2.30. The molecule has 1 saturated heterocycles. The first-order valence-corrected chi connectivity index (χ1v) is 11.5. The topological polar surface area (TPSA) is 154 Å². The maximum absolute atomic E-state index is 11.2. The Morgan fingerprint density at radius 2 is 1.96 bits per heavy atom. The zero-order valence-electron chi connectivity index (χ0n) is 13.3. The number of sulfonamides is 1. The first kappa shape index (κ1) is 19.8. The van der Waals surface area contributed by atoms with Crippen LogP contribution in [0.15, 0.2) is 29.4 Å². The lowest BCUT2D eigenvalue weighted by atomic mass is 10.2. The number of amidine groups is 1. The lowest BCUT2D eigenvalue weighted by molar-refractivity contribution is 0.316. The fraction of sp³-hybridized carbons (Fsp3) is 0.417. The zero-order chi connectivity index (χ0) is 18.7. The molecule has 1 heterocycles. The Morgan fingerprint density at radius 1 is 1.32 bits per heavy atom. The van der Waals surface area contributed by atoms with Crippen molar-refractivity contribution in [1.29, 1.82) is 0 Å². The highest BCUT2D eigenvalue weighted by Crippen LogP contribution is 2.34. The van der Waals surface area contributed by atoms with Crippen LogP contribution in [-0.2, 0) is 20.1 Å². The summed E-state index contributed by atoms with van der Waals surface area (Å²) in [6.45, 7) is 0.211. The van der Waals surface area contributed by atoms with Gasteiger partial charge in [0, 0.05) is 12.2 Å². The van der Waals surface area contributed by atoms with Gasteiger partial charge in [-0.05, 0) is 24.1 Å². The summed E-state index contributed by atoms with van der Waals surface area (Å²) in [5, 5.41) is 5.48. The van der Waals surface area contributed by atoms with Crippen LogP contribution in [0.25, 0.3) is 0 Å². The second kappa shape index (κ2) is 7.78. The fourth-order valence-electron chi connectivity index (χ4n) is 1.98. The molecule has 10 nitrogen and oxygen atoms in total. The van der Waals surface area contributed by atoms with Crippen LogP contribution >= 0.6 is 11.8 Å². The summed E-state index contributed by atoms with van der Waals surface area (Å²) in [5.41, 5.74) is 10.3. The van der Waals surface area contributed by atoms with Gasteiger partial charge >= 0.3 is 0 Å². The highest BCUT2D eigenvalue weighted by molar-refractivity contribution is 8.14. The average molecular weight is 410 g/mol. The number of thioether (sulfide) groups is 1. The summed E-state index contributed by atoms with van der Waals surface area (Å²) < 4.78 is 53.0. The van der Waals surface area contributed by atoms with Gasteiger partial charge in [0.15, 0.2) is 5.17 Å². The normalized spacial score (nSPS) is 20.2. The number of nitrogens with one attached hydrogen (secondary N) is 2. The summed E-state index contributed by atoms with van der Waals surface area (Å²) >= 11 is 1.26. The molecule has 1 fully saturated rings. The second-order valence-electron chi connectivity index (χ2n) is 5.34. The molecule has 1 aliphatic rings. The van der Waals surface area contributed by atoms with Crippen molar-refractivity contribution >= 4 is 42.8 Å². The standard InChI is InChI=1S/C12H19N5O5S3/c1-24(18,19)16-14-12-17(7-2-8-25(20,21)22)15-11(23-12)9-3-5-10(13)6-4-9/h3-6,11,15-16H,2,7-8,13H2,1H3,(H,20,21,22)/b14-12-. The van der Waals surface area contributed by atoms with E-state index in [1.807, 2.05) is 12.1 Å². The van der Waals surface area contributed by atoms with Crippen molar-refractivity contribution in [2.45, 2.75) is 11.8 Å². The molecular weight excluding hydrogens is 390 g/mol. The number of hydrogen-bond donors (Lipinski definition) is 4. The molecule has 2 rings (SSSR count). The Labute approximate surface area is 150 Å². The van der Waals surface area contributed by atoms with Crippen LogP contribution in [0.3, 0.4) is 0 Å². The largest absolute Gasteiger partial charge is 0.399 e. The number of benzene rings is 1. The number of anilines is 1. The summed E-state index contributed by atoms with van der Waals surface area (Å²) in [4.78, 5) is 2.05. The molecule has 1 aromatic carbocycles. The Hall–Kier alpha value is -1.54. The van der Waals surface area contributed by atoms with E-state index in [9.17, 15) is 16.8 Å². The molecule has 0 aromatic heterocycles. The van der Waals surface area contributed by atoms with Gasteiger partial charge in [-0.1, -0.05) is 23.9 Å². The van der Waals surface area contributed by atoms with Crippen LogP contribution in [0.2, 0.25) is 0 Å². The van der Waals surface area contributed by atoms with E-state index in [2.05, 4.69) is 15.4 Å². The fourth-order valence-corrected chi connectivity index (χ4v) is 3.84.